The summed E-state index contributed by atoms with van der Waals surface area (Å²) >= 11 is 4.46. The number of amides is 2. The largest absolute Gasteiger partial charge is 0.365 e. The SMILES string of the molecule is CSc1sc(C(N)=O)c2c1-c1sc(C(N)=O)cc1CC2. The van der Waals surface area contributed by atoms with Crippen molar-refractivity contribution in [2.24, 2.45) is 11.5 Å². The number of hydrogen-bond donors (Lipinski definition) is 2. The van der Waals surface area contributed by atoms with E-state index in [9.17, 15) is 9.59 Å². The van der Waals surface area contributed by atoms with E-state index in [1.54, 1.807) is 11.8 Å². The molecule has 7 heteroatoms. The van der Waals surface area contributed by atoms with Crippen LogP contribution in [-0.2, 0) is 12.8 Å². The third-order valence-electron chi connectivity index (χ3n) is 3.31. The Hall–Kier alpha value is -1.31. The molecule has 2 amide bonds. The average molecular weight is 324 g/mol. The molecule has 0 fully saturated rings. The molecular weight excluding hydrogens is 312 g/mol. The summed E-state index contributed by atoms with van der Waals surface area (Å²) in [6.45, 7) is 0. The standard InChI is InChI=1S/C13H12N2O2S3/c1-18-13-8-6(10(20-13)12(15)17)3-2-5-4-7(11(14)16)19-9(5)8/h4H,2-3H2,1H3,(H2,14,16)(H2,15,17). The highest BCUT2D eigenvalue weighted by atomic mass is 32.2. The van der Waals surface area contributed by atoms with Gasteiger partial charge in [0.15, 0.2) is 0 Å². The van der Waals surface area contributed by atoms with Gasteiger partial charge in [0.25, 0.3) is 11.8 Å². The van der Waals surface area contributed by atoms with Crippen molar-refractivity contribution in [3.63, 3.8) is 0 Å². The summed E-state index contributed by atoms with van der Waals surface area (Å²) in [6.07, 6.45) is 3.58. The van der Waals surface area contributed by atoms with Crippen LogP contribution in [0.1, 0.15) is 30.5 Å². The first kappa shape index (κ1) is 13.7. The molecule has 2 heterocycles. The highest BCUT2D eigenvalue weighted by molar-refractivity contribution is 8.00. The minimum atomic E-state index is -0.401. The van der Waals surface area contributed by atoms with Crippen LogP contribution in [0.2, 0.25) is 0 Å². The van der Waals surface area contributed by atoms with Crippen molar-refractivity contribution in [1.29, 1.82) is 0 Å². The molecule has 1 aliphatic rings. The molecule has 0 spiro atoms. The Morgan fingerprint density at radius 3 is 2.55 bits per heavy atom. The van der Waals surface area contributed by atoms with Crippen molar-refractivity contribution in [3.8, 4) is 10.4 Å². The van der Waals surface area contributed by atoms with Crippen LogP contribution in [0.4, 0.5) is 0 Å². The van der Waals surface area contributed by atoms with Crippen LogP contribution in [0.3, 0.4) is 0 Å². The number of rotatable bonds is 3. The Labute approximate surface area is 128 Å². The molecule has 4 N–H and O–H groups in total. The maximum absolute atomic E-state index is 11.6. The van der Waals surface area contributed by atoms with Crippen LogP contribution < -0.4 is 11.5 Å². The molecular formula is C13H12N2O2S3. The van der Waals surface area contributed by atoms with Gasteiger partial charge in [0.1, 0.15) is 0 Å². The summed E-state index contributed by atoms with van der Waals surface area (Å²) in [5.41, 5.74) is 14.1. The normalized spacial score (nSPS) is 12.8. The molecule has 20 heavy (non-hydrogen) atoms. The van der Waals surface area contributed by atoms with Gasteiger partial charge in [0.05, 0.1) is 14.0 Å². The van der Waals surface area contributed by atoms with Crippen LogP contribution in [0.15, 0.2) is 10.3 Å². The van der Waals surface area contributed by atoms with Crippen molar-refractivity contribution >= 4 is 46.2 Å². The monoisotopic (exact) mass is 324 g/mol. The lowest BCUT2D eigenvalue weighted by Gasteiger charge is -2.14. The van der Waals surface area contributed by atoms with E-state index >= 15 is 0 Å². The molecule has 0 saturated carbocycles. The van der Waals surface area contributed by atoms with E-state index in [0.29, 0.717) is 9.75 Å². The first-order valence-electron chi connectivity index (χ1n) is 5.95. The van der Waals surface area contributed by atoms with Crippen LogP contribution in [0.25, 0.3) is 10.4 Å². The maximum Gasteiger partial charge on any atom is 0.259 e. The van der Waals surface area contributed by atoms with Crippen LogP contribution >= 0.6 is 34.4 Å². The van der Waals surface area contributed by atoms with Crippen LogP contribution in [-0.4, -0.2) is 18.1 Å². The van der Waals surface area contributed by atoms with Crippen molar-refractivity contribution < 1.29 is 9.59 Å². The van der Waals surface area contributed by atoms with Crippen LogP contribution in [0, 0.1) is 0 Å². The molecule has 1 aliphatic carbocycles. The van der Waals surface area contributed by atoms with E-state index in [-0.39, 0.29) is 5.91 Å². The number of thioether (sulfide) groups is 1. The Morgan fingerprint density at radius 2 is 1.95 bits per heavy atom. The van der Waals surface area contributed by atoms with E-state index < -0.39 is 5.91 Å². The Morgan fingerprint density at radius 1 is 1.20 bits per heavy atom. The molecule has 0 unspecified atom stereocenters. The third kappa shape index (κ3) is 1.97. The van der Waals surface area contributed by atoms with Gasteiger partial charge in [-0.05, 0) is 36.3 Å². The van der Waals surface area contributed by atoms with Gasteiger partial charge in [-0.25, -0.2) is 0 Å². The fourth-order valence-corrected chi connectivity index (χ4v) is 5.68. The van der Waals surface area contributed by atoms with Crippen molar-refractivity contribution in [1.82, 2.24) is 0 Å². The third-order valence-corrected chi connectivity index (χ3v) is 6.88. The first-order valence-corrected chi connectivity index (χ1v) is 8.81. The van der Waals surface area contributed by atoms with E-state index in [4.69, 9.17) is 11.5 Å². The minimum Gasteiger partial charge on any atom is -0.365 e. The van der Waals surface area contributed by atoms with Crippen molar-refractivity contribution in [2.45, 2.75) is 17.1 Å². The van der Waals surface area contributed by atoms with E-state index in [1.807, 2.05) is 12.3 Å². The number of carbonyl (C=O) groups is 2. The number of fused-ring (bicyclic) bond motifs is 3. The summed E-state index contributed by atoms with van der Waals surface area (Å²) in [4.78, 5) is 25.2. The Bertz CT molecular complexity index is 730. The second-order valence-electron chi connectivity index (χ2n) is 4.47. The van der Waals surface area contributed by atoms with E-state index in [0.717, 1.165) is 38.6 Å². The van der Waals surface area contributed by atoms with E-state index in [1.165, 1.54) is 22.7 Å². The smallest absolute Gasteiger partial charge is 0.259 e. The lowest BCUT2D eigenvalue weighted by Crippen LogP contribution is -2.13. The highest BCUT2D eigenvalue weighted by Crippen LogP contribution is 2.49. The molecule has 2 aromatic heterocycles. The van der Waals surface area contributed by atoms with Gasteiger partial charge in [-0.3, -0.25) is 9.59 Å². The number of thiophene rings is 2. The Kier molecular flexibility index (Phi) is 3.35. The zero-order valence-corrected chi connectivity index (χ0v) is 13.1. The lowest BCUT2D eigenvalue weighted by molar-refractivity contribution is 0.0995. The fourth-order valence-electron chi connectivity index (χ4n) is 2.46. The summed E-state index contributed by atoms with van der Waals surface area (Å²) < 4.78 is 1.08. The number of hydrogen-bond acceptors (Lipinski definition) is 5. The lowest BCUT2D eigenvalue weighted by atomic mass is 9.93. The number of primary amides is 2. The quantitative estimate of drug-likeness (QED) is 0.851. The molecule has 0 aliphatic heterocycles. The van der Waals surface area contributed by atoms with Gasteiger partial charge in [-0.2, -0.15) is 0 Å². The molecule has 0 saturated heterocycles. The topological polar surface area (TPSA) is 86.2 Å². The highest BCUT2D eigenvalue weighted by Gasteiger charge is 2.29. The zero-order chi connectivity index (χ0) is 14.4. The minimum absolute atomic E-state index is 0.373. The van der Waals surface area contributed by atoms with Gasteiger partial charge in [0, 0.05) is 10.4 Å². The van der Waals surface area contributed by atoms with E-state index in [2.05, 4.69) is 0 Å². The fraction of sp³-hybridized carbons (Fsp3) is 0.231. The molecule has 2 aromatic rings. The molecule has 4 nitrogen and oxygen atoms in total. The summed E-state index contributed by atoms with van der Waals surface area (Å²) in [5.74, 6) is -0.774. The Balaban J connectivity index is 2.25. The van der Waals surface area contributed by atoms with Crippen LogP contribution in [0.5, 0.6) is 0 Å². The molecule has 0 aromatic carbocycles. The molecule has 104 valence electrons. The summed E-state index contributed by atoms with van der Waals surface area (Å²) in [7, 11) is 0. The number of nitrogens with two attached hydrogens (primary N) is 2. The van der Waals surface area contributed by atoms with Crippen molar-refractivity contribution in [3.05, 3.63) is 26.9 Å². The van der Waals surface area contributed by atoms with Gasteiger partial charge in [-0.15, -0.1) is 34.4 Å². The molecule has 0 bridgehead atoms. The average Bonchev–Trinajstić information content (AvgIpc) is 2.99. The molecule has 3 rings (SSSR count). The predicted octanol–water partition coefficient (Wildman–Crippen LogP) is 2.49. The molecule has 0 atom stereocenters. The summed E-state index contributed by atoms with van der Waals surface area (Å²) in [6, 6.07) is 1.87. The van der Waals surface area contributed by atoms with Gasteiger partial charge in [-0.1, -0.05) is 0 Å². The summed E-state index contributed by atoms with van der Waals surface area (Å²) in [5, 5.41) is 0. The van der Waals surface area contributed by atoms with Gasteiger partial charge in [0.2, 0.25) is 0 Å². The van der Waals surface area contributed by atoms with Gasteiger partial charge < -0.3 is 11.5 Å². The number of aryl methyl sites for hydroxylation is 1. The van der Waals surface area contributed by atoms with Crippen molar-refractivity contribution in [2.75, 3.05) is 6.26 Å². The second-order valence-corrected chi connectivity index (χ2v) is 7.62. The predicted molar refractivity (Wildman–Crippen MR) is 83.9 cm³/mol. The number of carbonyl (C=O) groups excluding carboxylic acids is 2. The zero-order valence-electron chi connectivity index (χ0n) is 10.7. The second kappa shape index (κ2) is 4.91. The first-order chi connectivity index (χ1) is 9.52. The molecule has 0 radical (unpaired) electrons. The maximum atomic E-state index is 11.6. The van der Waals surface area contributed by atoms with Gasteiger partial charge >= 0.3 is 0 Å².